The Morgan fingerprint density at radius 3 is 2.62 bits per heavy atom. The van der Waals surface area contributed by atoms with Gasteiger partial charge in [0.25, 0.3) is 0 Å². The number of halogens is 4. The number of carbonyl (C=O) groups is 1. The number of likely N-dealkylation sites (tertiary alicyclic amines) is 1. The third-order valence-corrected chi connectivity index (χ3v) is 7.43. The average Bonchev–Trinajstić information content (AvgIpc) is 3.48. The molecule has 0 radical (unpaired) electrons. The Balaban J connectivity index is 1.74. The van der Waals surface area contributed by atoms with Gasteiger partial charge in [0.1, 0.15) is 5.69 Å². The van der Waals surface area contributed by atoms with Crippen molar-refractivity contribution in [3.8, 4) is 22.4 Å². The molecule has 7 nitrogen and oxygen atoms in total. The fourth-order valence-electron chi connectivity index (χ4n) is 5.09. The monoisotopic (exact) mass is 528 g/mol. The highest BCUT2D eigenvalue weighted by atomic mass is 35.5. The molecule has 1 aliphatic heterocycles. The van der Waals surface area contributed by atoms with Gasteiger partial charge in [-0.15, -0.1) is 0 Å². The van der Waals surface area contributed by atoms with E-state index in [4.69, 9.17) is 16.7 Å². The highest BCUT2D eigenvalue weighted by molar-refractivity contribution is 6.36. The van der Waals surface area contributed by atoms with Crippen LogP contribution in [-0.4, -0.2) is 48.9 Å². The molecule has 192 valence electrons. The maximum atomic E-state index is 14.1. The molecule has 3 aromatic heterocycles. The third-order valence-electron chi connectivity index (χ3n) is 6.94. The molecule has 0 bridgehead atoms. The normalized spacial score (nSPS) is 14.9. The number of amides is 1. The fraction of sp³-hybridized carbons (Fsp3) is 0.308. The van der Waals surface area contributed by atoms with Crippen LogP contribution in [0.25, 0.3) is 33.3 Å². The van der Waals surface area contributed by atoms with Crippen molar-refractivity contribution in [1.82, 2.24) is 29.9 Å². The van der Waals surface area contributed by atoms with Gasteiger partial charge in [-0.25, -0.2) is 0 Å². The van der Waals surface area contributed by atoms with Gasteiger partial charge in [-0.1, -0.05) is 18.2 Å². The van der Waals surface area contributed by atoms with Crippen LogP contribution in [0.15, 0.2) is 43.4 Å². The van der Waals surface area contributed by atoms with Gasteiger partial charge in [-0.3, -0.25) is 19.6 Å². The summed E-state index contributed by atoms with van der Waals surface area (Å²) < 4.78 is 44.0. The van der Waals surface area contributed by atoms with E-state index in [0.29, 0.717) is 53.2 Å². The van der Waals surface area contributed by atoms with Crippen molar-refractivity contribution in [3.63, 3.8) is 0 Å². The van der Waals surface area contributed by atoms with E-state index in [1.165, 1.54) is 18.3 Å². The lowest BCUT2D eigenvalue weighted by Gasteiger charge is -2.32. The molecule has 0 aliphatic carbocycles. The second-order valence-corrected chi connectivity index (χ2v) is 9.52. The van der Waals surface area contributed by atoms with Crippen molar-refractivity contribution < 1.29 is 18.0 Å². The van der Waals surface area contributed by atoms with Crippen LogP contribution in [0.5, 0.6) is 0 Å². The molecule has 1 aromatic carbocycles. The Morgan fingerprint density at radius 1 is 1.22 bits per heavy atom. The van der Waals surface area contributed by atoms with E-state index in [1.54, 1.807) is 15.8 Å². The first-order chi connectivity index (χ1) is 17.6. The van der Waals surface area contributed by atoms with Crippen LogP contribution in [0.1, 0.15) is 35.7 Å². The van der Waals surface area contributed by atoms with Crippen LogP contribution >= 0.6 is 11.6 Å². The summed E-state index contributed by atoms with van der Waals surface area (Å²) in [5.74, 6) is -0.141. The van der Waals surface area contributed by atoms with E-state index in [-0.39, 0.29) is 23.2 Å². The lowest BCUT2D eigenvalue weighted by atomic mass is 9.93. The minimum atomic E-state index is -4.63. The standard InChI is InChI=1S/C26H24ClF3N6O/c1-4-21(37)35-9-6-16(7-10-35)36-15(3)22(23-18-12-32-33-20(18)11-14(2)24(23)27)25(34-36)17-5-8-31-13-19(17)26(28,29)30/h4-5,8,11-13,16H,1,6-7,9-10H2,2-3H3,(H,32,33). The van der Waals surface area contributed by atoms with Gasteiger partial charge in [0.05, 0.1) is 28.3 Å². The molecule has 5 rings (SSSR count). The van der Waals surface area contributed by atoms with Gasteiger partial charge in [0.2, 0.25) is 5.91 Å². The van der Waals surface area contributed by atoms with Crippen LogP contribution in [-0.2, 0) is 11.0 Å². The summed E-state index contributed by atoms with van der Waals surface area (Å²) in [4.78, 5) is 17.5. The Morgan fingerprint density at radius 2 is 1.95 bits per heavy atom. The molecule has 37 heavy (non-hydrogen) atoms. The number of nitrogens with zero attached hydrogens (tertiary/aromatic N) is 5. The predicted octanol–water partition coefficient (Wildman–Crippen LogP) is 6.13. The summed E-state index contributed by atoms with van der Waals surface area (Å²) in [6, 6.07) is 3.08. The molecule has 1 fully saturated rings. The maximum Gasteiger partial charge on any atom is 0.418 e. The number of benzene rings is 1. The number of H-pyrrole nitrogens is 1. The minimum absolute atomic E-state index is 0.0761. The quantitative estimate of drug-likeness (QED) is 0.323. The van der Waals surface area contributed by atoms with E-state index in [2.05, 4.69) is 21.8 Å². The molecular weight excluding hydrogens is 505 g/mol. The highest BCUT2D eigenvalue weighted by Gasteiger charge is 2.37. The molecule has 4 aromatic rings. The van der Waals surface area contributed by atoms with Gasteiger partial charge in [-0.2, -0.15) is 23.4 Å². The van der Waals surface area contributed by atoms with Crippen LogP contribution in [0, 0.1) is 13.8 Å². The number of rotatable bonds is 4. The van der Waals surface area contributed by atoms with Crippen molar-refractivity contribution >= 4 is 28.4 Å². The van der Waals surface area contributed by atoms with E-state index in [1.807, 2.05) is 19.9 Å². The summed E-state index contributed by atoms with van der Waals surface area (Å²) in [6.45, 7) is 8.22. The molecule has 1 saturated heterocycles. The van der Waals surface area contributed by atoms with E-state index in [0.717, 1.165) is 17.3 Å². The number of carbonyl (C=O) groups excluding carboxylic acids is 1. The zero-order chi connectivity index (χ0) is 26.5. The van der Waals surface area contributed by atoms with E-state index >= 15 is 0 Å². The van der Waals surface area contributed by atoms with Crippen molar-refractivity contribution in [2.24, 2.45) is 0 Å². The Labute approximate surface area is 215 Å². The number of aryl methyl sites for hydroxylation is 1. The van der Waals surface area contributed by atoms with Gasteiger partial charge in [-0.05, 0) is 50.5 Å². The van der Waals surface area contributed by atoms with Gasteiger partial charge < -0.3 is 4.90 Å². The number of piperidine rings is 1. The average molecular weight is 529 g/mol. The Hall–Kier alpha value is -3.66. The first kappa shape index (κ1) is 25.0. The molecule has 1 aliphatic rings. The summed E-state index contributed by atoms with van der Waals surface area (Å²) >= 11 is 6.82. The van der Waals surface area contributed by atoms with Crippen LogP contribution < -0.4 is 0 Å². The number of aromatic amines is 1. The number of fused-ring (bicyclic) bond motifs is 1. The van der Waals surface area contributed by atoms with Gasteiger partial charge >= 0.3 is 6.18 Å². The number of nitrogens with one attached hydrogen (secondary N) is 1. The molecule has 0 saturated carbocycles. The summed E-state index contributed by atoms with van der Waals surface area (Å²) in [6.07, 6.45) is 1.63. The Kier molecular flexibility index (Phi) is 6.31. The lowest BCUT2D eigenvalue weighted by molar-refractivity contribution is -0.137. The molecule has 4 heterocycles. The number of hydrogen-bond donors (Lipinski definition) is 1. The van der Waals surface area contributed by atoms with Crippen molar-refractivity contribution in [2.45, 2.75) is 38.9 Å². The summed E-state index contributed by atoms with van der Waals surface area (Å²) in [7, 11) is 0. The lowest BCUT2D eigenvalue weighted by Crippen LogP contribution is -2.38. The maximum absolute atomic E-state index is 14.1. The molecule has 11 heteroatoms. The van der Waals surface area contributed by atoms with Crippen LogP contribution in [0.4, 0.5) is 13.2 Å². The molecule has 0 atom stereocenters. The second kappa shape index (κ2) is 9.33. The molecular formula is C26H24ClF3N6O. The zero-order valence-electron chi connectivity index (χ0n) is 20.2. The highest BCUT2D eigenvalue weighted by Crippen LogP contribution is 2.46. The molecule has 1 amide bonds. The summed E-state index contributed by atoms with van der Waals surface area (Å²) in [5, 5.41) is 13.0. The van der Waals surface area contributed by atoms with Crippen LogP contribution in [0.3, 0.4) is 0 Å². The SMILES string of the molecule is C=CC(=O)N1CCC(n2nc(-c3ccncc3C(F)(F)F)c(-c3c(Cl)c(C)cc4[nH]ncc34)c2C)CC1. The molecule has 0 spiro atoms. The van der Waals surface area contributed by atoms with Gasteiger partial charge in [0.15, 0.2) is 0 Å². The zero-order valence-corrected chi connectivity index (χ0v) is 21.0. The first-order valence-electron chi connectivity index (χ1n) is 11.8. The molecule has 0 unspecified atom stereocenters. The number of pyridine rings is 1. The van der Waals surface area contributed by atoms with Gasteiger partial charge in [0, 0.05) is 53.3 Å². The first-order valence-corrected chi connectivity index (χ1v) is 12.1. The van der Waals surface area contributed by atoms with E-state index < -0.39 is 11.7 Å². The second-order valence-electron chi connectivity index (χ2n) is 9.15. The minimum Gasteiger partial charge on any atom is -0.339 e. The fourth-order valence-corrected chi connectivity index (χ4v) is 5.34. The number of alkyl halides is 3. The topological polar surface area (TPSA) is 79.7 Å². The predicted molar refractivity (Wildman–Crippen MR) is 135 cm³/mol. The molecule has 1 N–H and O–H groups in total. The van der Waals surface area contributed by atoms with Crippen molar-refractivity contribution in [3.05, 3.63) is 65.2 Å². The summed E-state index contributed by atoms with van der Waals surface area (Å²) in [5.41, 5.74) is 2.47. The number of aromatic nitrogens is 5. The largest absolute Gasteiger partial charge is 0.418 e. The Bertz CT molecular complexity index is 1510. The van der Waals surface area contributed by atoms with Crippen LogP contribution in [0.2, 0.25) is 5.02 Å². The smallest absolute Gasteiger partial charge is 0.339 e. The third kappa shape index (κ3) is 4.29. The number of hydrogen-bond acceptors (Lipinski definition) is 4. The van der Waals surface area contributed by atoms with E-state index in [9.17, 15) is 18.0 Å². The van der Waals surface area contributed by atoms with Crippen molar-refractivity contribution in [2.75, 3.05) is 13.1 Å². The van der Waals surface area contributed by atoms with Crippen molar-refractivity contribution in [1.29, 1.82) is 0 Å².